The maximum absolute atomic E-state index is 13.7. The predicted molar refractivity (Wildman–Crippen MR) is 184 cm³/mol. The van der Waals surface area contributed by atoms with Crippen LogP contribution in [0, 0.1) is 18.8 Å². The standard InChI is InChI=1S/C34H40ClN5O8S/c1-19-28(38-10-9-37(2)23(16-38)18-46-3)13-27(35)30-24-7-8-39(17-26(24)34(43)48-31(19)30)33(42)20-5-6-25(29(12-20)47-4)32(41)36-49(44,45)40-14-21-11-22(21)15-40/h5-6,12-13,21-23H,7-11,14-18H2,1-4H3,(H,36,41)/t21?,22?,23-/m1/s1. The highest BCUT2D eigenvalue weighted by molar-refractivity contribution is 7.87. The molecule has 4 heterocycles. The number of piperidine rings is 1. The predicted octanol–water partition coefficient (Wildman–Crippen LogP) is 2.66. The van der Waals surface area contributed by atoms with Crippen molar-refractivity contribution in [3.63, 3.8) is 0 Å². The van der Waals surface area contributed by atoms with Crippen molar-refractivity contribution in [1.29, 1.82) is 0 Å². The van der Waals surface area contributed by atoms with Crippen molar-refractivity contribution >= 4 is 50.3 Å². The number of carbonyl (C=O) groups is 2. The highest BCUT2D eigenvalue weighted by Gasteiger charge is 2.49. The number of anilines is 1. The molecular formula is C34H40ClN5O8S. The van der Waals surface area contributed by atoms with E-state index >= 15 is 0 Å². The van der Waals surface area contributed by atoms with Crippen LogP contribution in [0.5, 0.6) is 5.75 Å². The van der Waals surface area contributed by atoms with Crippen molar-refractivity contribution in [1.82, 2.24) is 18.8 Å². The second-order valence-corrected chi connectivity index (χ2v) is 15.6. The molecule has 2 unspecified atom stereocenters. The lowest BCUT2D eigenvalue weighted by Gasteiger charge is -2.41. The molecule has 2 saturated heterocycles. The molecule has 3 aliphatic heterocycles. The van der Waals surface area contributed by atoms with Gasteiger partial charge in [0.15, 0.2) is 0 Å². The zero-order chi connectivity index (χ0) is 34.8. The molecule has 2 amide bonds. The second kappa shape index (κ2) is 12.9. The number of methoxy groups -OCH3 is 2. The van der Waals surface area contributed by atoms with E-state index in [2.05, 4.69) is 21.6 Å². The molecule has 15 heteroatoms. The first-order valence-corrected chi connectivity index (χ1v) is 18.2. The molecular weight excluding hydrogens is 674 g/mol. The Bertz CT molecular complexity index is 2010. The van der Waals surface area contributed by atoms with E-state index < -0.39 is 21.7 Å². The Morgan fingerprint density at radius 2 is 1.82 bits per heavy atom. The Balaban J connectivity index is 1.11. The number of amides is 2. The molecule has 0 radical (unpaired) electrons. The van der Waals surface area contributed by atoms with E-state index in [1.807, 2.05) is 13.0 Å². The van der Waals surface area contributed by atoms with Crippen molar-refractivity contribution in [2.45, 2.75) is 32.4 Å². The summed E-state index contributed by atoms with van der Waals surface area (Å²) < 4.78 is 45.8. The fourth-order valence-electron chi connectivity index (χ4n) is 7.52. The first-order chi connectivity index (χ1) is 23.4. The number of hydrogen-bond donors (Lipinski definition) is 1. The summed E-state index contributed by atoms with van der Waals surface area (Å²) >= 11 is 6.93. The molecule has 0 spiro atoms. The lowest BCUT2D eigenvalue weighted by Crippen LogP contribution is -2.53. The number of fused-ring (bicyclic) bond motifs is 4. The van der Waals surface area contributed by atoms with Crippen molar-refractivity contribution in [2.24, 2.45) is 11.8 Å². The first-order valence-electron chi connectivity index (χ1n) is 16.4. The summed E-state index contributed by atoms with van der Waals surface area (Å²) in [4.78, 5) is 46.2. The SMILES string of the molecule is COC[C@H]1CN(c2cc(Cl)c3c4c(c(=O)oc3c2C)CN(C(=O)c2ccc(C(=O)NS(=O)(=O)N3CC5CC5C3)c(OC)c2)CC4)CCN1C. The van der Waals surface area contributed by atoms with Crippen LogP contribution in [0.4, 0.5) is 5.69 Å². The molecule has 1 aromatic heterocycles. The molecule has 3 aromatic rings. The molecule has 262 valence electrons. The number of ether oxygens (including phenoxy) is 2. The van der Waals surface area contributed by atoms with Crippen molar-refractivity contribution in [2.75, 3.05) is 72.0 Å². The first kappa shape index (κ1) is 33.8. The second-order valence-electron chi connectivity index (χ2n) is 13.5. The van der Waals surface area contributed by atoms with Gasteiger partial charge in [-0.1, -0.05) is 11.6 Å². The minimum Gasteiger partial charge on any atom is -0.496 e. The number of hydrogen-bond acceptors (Lipinski definition) is 10. The normalized spacial score (nSPS) is 22.6. The summed E-state index contributed by atoms with van der Waals surface area (Å²) in [7, 11) is 1.12. The van der Waals surface area contributed by atoms with Gasteiger partial charge in [0.2, 0.25) is 0 Å². The zero-order valence-electron chi connectivity index (χ0n) is 28.0. The fourth-order valence-corrected chi connectivity index (χ4v) is 9.08. The van der Waals surface area contributed by atoms with Crippen LogP contribution in [-0.4, -0.2) is 108 Å². The quantitative estimate of drug-likeness (QED) is 0.347. The van der Waals surface area contributed by atoms with Gasteiger partial charge in [-0.3, -0.25) is 14.5 Å². The number of nitrogens with one attached hydrogen (secondary N) is 1. The van der Waals surface area contributed by atoms with Crippen molar-refractivity contribution in [3.8, 4) is 5.75 Å². The molecule has 13 nitrogen and oxygen atoms in total. The van der Waals surface area contributed by atoms with Gasteiger partial charge in [0.1, 0.15) is 11.3 Å². The van der Waals surface area contributed by atoms with Crippen molar-refractivity contribution < 1.29 is 31.9 Å². The highest BCUT2D eigenvalue weighted by Crippen LogP contribution is 2.45. The van der Waals surface area contributed by atoms with Crippen LogP contribution in [0.25, 0.3) is 11.0 Å². The molecule has 3 atom stereocenters. The third-order valence-electron chi connectivity index (χ3n) is 10.5. The third-order valence-corrected chi connectivity index (χ3v) is 12.2. The van der Waals surface area contributed by atoms with Gasteiger partial charge in [0.25, 0.3) is 11.8 Å². The molecule has 49 heavy (non-hydrogen) atoms. The Labute approximate surface area is 289 Å². The highest BCUT2D eigenvalue weighted by atomic mass is 35.5. The van der Waals surface area contributed by atoms with Crippen LogP contribution in [0.2, 0.25) is 5.02 Å². The molecule has 7 rings (SSSR count). The lowest BCUT2D eigenvalue weighted by atomic mass is 9.95. The minimum atomic E-state index is -4.00. The number of aryl methyl sites for hydroxylation is 1. The van der Waals surface area contributed by atoms with Gasteiger partial charge in [-0.15, -0.1) is 0 Å². The summed E-state index contributed by atoms with van der Waals surface area (Å²) in [5, 5.41) is 1.17. The molecule has 2 aromatic carbocycles. The van der Waals surface area contributed by atoms with E-state index in [9.17, 15) is 22.8 Å². The van der Waals surface area contributed by atoms with Gasteiger partial charge in [-0.05, 0) is 68.5 Å². The van der Waals surface area contributed by atoms with E-state index in [-0.39, 0.29) is 35.4 Å². The monoisotopic (exact) mass is 713 g/mol. The molecule has 3 fully saturated rings. The van der Waals surface area contributed by atoms with E-state index in [4.69, 9.17) is 25.5 Å². The summed E-state index contributed by atoms with van der Waals surface area (Å²) in [6, 6.07) is 6.38. The fraction of sp³-hybridized carbons (Fsp3) is 0.500. The van der Waals surface area contributed by atoms with Crippen LogP contribution in [0.3, 0.4) is 0 Å². The average Bonchev–Trinajstić information content (AvgIpc) is 3.69. The average molecular weight is 714 g/mol. The van der Waals surface area contributed by atoms with Crippen LogP contribution >= 0.6 is 11.6 Å². The summed E-state index contributed by atoms with van der Waals surface area (Å²) in [6.45, 7) is 6.07. The molecule has 4 aliphatic rings. The van der Waals surface area contributed by atoms with Gasteiger partial charge in [0, 0.05) is 68.6 Å². The molecule has 1 saturated carbocycles. The van der Waals surface area contributed by atoms with Gasteiger partial charge in [-0.2, -0.15) is 12.7 Å². The maximum Gasteiger partial charge on any atom is 0.341 e. The molecule has 1 aliphatic carbocycles. The number of carbonyl (C=O) groups excluding carboxylic acids is 2. The number of piperazine rings is 1. The zero-order valence-corrected chi connectivity index (χ0v) is 29.5. The smallest absolute Gasteiger partial charge is 0.341 e. The van der Waals surface area contributed by atoms with E-state index in [0.717, 1.165) is 42.9 Å². The van der Waals surface area contributed by atoms with E-state index in [0.29, 0.717) is 66.1 Å². The van der Waals surface area contributed by atoms with E-state index in [1.54, 1.807) is 7.11 Å². The van der Waals surface area contributed by atoms with Crippen LogP contribution in [-0.2, 0) is 27.9 Å². The van der Waals surface area contributed by atoms with Gasteiger partial charge in [-0.25, -0.2) is 9.52 Å². The number of likely N-dealkylation sites (N-methyl/N-ethyl adjacent to an activating group) is 1. The Hall–Kier alpha value is -3.69. The van der Waals surface area contributed by atoms with Gasteiger partial charge < -0.3 is 23.7 Å². The Morgan fingerprint density at radius 3 is 2.53 bits per heavy atom. The third kappa shape index (κ3) is 6.18. The summed E-state index contributed by atoms with van der Waals surface area (Å²) in [5.74, 6) is -0.426. The number of nitrogens with zero attached hydrogens (tertiary/aromatic N) is 4. The topological polar surface area (TPSA) is 142 Å². The van der Waals surface area contributed by atoms with Gasteiger partial charge >= 0.3 is 15.8 Å². The minimum absolute atomic E-state index is 0.0152. The largest absolute Gasteiger partial charge is 0.496 e. The lowest BCUT2D eigenvalue weighted by molar-refractivity contribution is 0.0732. The van der Waals surface area contributed by atoms with Crippen LogP contribution in [0.15, 0.2) is 33.5 Å². The van der Waals surface area contributed by atoms with Gasteiger partial charge in [0.05, 0.1) is 42.5 Å². The molecule has 0 bridgehead atoms. The number of halogens is 1. The number of rotatable bonds is 8. The summed E-state index contributed by atoms with van der Waals surface area (Å²) in [6.07, 6.45) is 1.41. The Morgan fingerprint density at radius 1 is 1.06 bits per heavy atom. The summed E-state index contributed by atoms with van der Waals surface area (Å²) in [5.41, 5.74) is 3.03. The van der Waals surface area contributed by atoms with Crippen LogP contribution < -0.4 is 20.0 Å². The van der Waals surface area contributed by atoms with E-state index in [1.165, 1.54) is 34.5 Å². The van der Waals surface area contributed by atoms with Crippen molar-refractivity contribution in [3.05, 3.63) is 67.5 Å². The number of benzene rings is 2. The molecule has 1 N–H and O–H groups in total. The maximum atomic E-state index is 13.7. The van der Waals surface area contributed by atoms with Crippen LogP contribution in [0.1, 0.15) is 43.8 Å². The Kier molecular flexibility index (Phi) is 8.89.